The zero-order valence-electron chi connectivity index (χ0n) is 8.08. The van der Waals surface area contributed by atoms with E-state index >= 15 is 0 Å². The van der Waals surface area contributed by atoms with Crippen molar-refractivity contribution in [1.29, 1.82) is 0 Å². The Morgan fingerprint density at radius 1 is 1.38 bits per heavy atom. The standard InChI is InChI=1S/C6H6N2O6S.Na/c7-6-4(9)1-3(8(10)11)2-5(6)15(12,13)14;/h1-2,9H,7H2,(H,12,13,14);/q;+1/p-1. The Morgan fingerprint density at radius 3 is 2.25 bits per heavy atom. The molecular weight excluding hydrogens is 251 g/mol. The number of phenols is 1. The SMILES string of the molecule is Nc1c(O)cc([N+](=O)[O-])cc1S(=O)(=O)[O-].[Na+]. The van der Waals surface area contributed by atoms with Gasteiger partial charge in [0.05, 0.1) is 21.6 Å². The Kier molecular flexibility index (Phi) is 4.70. The average molecular weight is 256 g/mol. The summed E-state index contributed by atoms with van der Waals surface area (Å²) < 4.78 is 31.8. The van der Waals surface area contributed by atoms with Crippen LogP contribution in [-0.4, -0.2) is 23.0 Å². The van der Waals surface area contributed by atoms with Gasteiger partial charge < -0.3 is 15.4 Å². The smallest absolute Gasteiger partial charge is 0.744 e. The number of hydrogen-bond acceptors (Lipinski definition) is 7. The van der Waals surface area contributed by atoms with Crippen LogP contribution in [0.25, 0.3) is 0 Å². The van der Waals surface area contributed by atoms with Crippen molar-refractivity contribution < 1.29 is 52.6 Å². The van der Waals surface area contributed by atoms with E-state index in [0.717, 1.165) is 0 Å². The summed E-state index contributed by atoms with van der Waals surface area (Å²) in [5.74, 6) is -0.821. The van der Waals surface area contributed by atoms with Crippen molar-refractivity contribution >= 4 is 21.5 Å². The van der Waals surface area contributed by atoms with Crippen molar-refractivity contribution in [2.75, 3.05) is 5.73 Å². The fourth-order valence-corrected chi connectivity index (χ4v) is 1.55. The number of nitrogens with zero attached hydrogens (tertiary/aromatic N) is 1. The maximum absolute atomic E-state index is 10.6. The van der Waals surface area contributed by atoms with Gasteiger partial charge >= 0.3 is 29.6 Å². The van der Waals surface area contributed by atoms with Gasteiger partial charge in [-0.15, -0.1) is 0 Å². The first-order valence-electron chi connectivity index (χ1n) is 3.46. The molecule has 0 aliphatic rings. The van der Waals surface area contributed by atoms with Crippen LogP contribution in [0.1, 0.15) is 0 Å². The molecular formula is C6H5N2NaO6S. The predicted molar refractivity (Wildman–Crippen MR) is 47.1 cm³/mol. The van der Waals surface area contributed by atoms with Gasteiger partial charge in [0.1, 0.15) is 15.9 Å². The Labute approximate surface area is 112 Å². The van der Waals surface area contributed by atoms with Crippen LogP contribution in [0.3, 0.4) is 0 Å². The van der Waals surface area contributed by atoms with Crippen molar-refractivity contribution in [3.8, 4) is 5.75 Å². The number of hydrogen-bond donors (Lipinski definition) is 2. The molecule has 3 N–H and O–H groups in total. The van der Waals surface area contributed by atoms with E-state index in [1.807, 2.05) is 0 Å². The van der Waals surface area contributed by atoms with Crippen molar-refractivity contribution in [3.05, 3.63) is 22.2 Å². The normalized spacial score (nSPS) is 10.6. The number of nitro groups is 1. The van der Waals surface area contributed by atoms with E-state index in [1.165, 1.54) is 0 Å². The third-order valence-electron chi connectivity index (χ3n) is 1.59. The number of rotatable bonds is 2. The van der Waals surface area contributed by atoms with E-state index in [0.29, 0.717) is 12.1 Å². The molecule has 0 unspecified atom stereocenters. The van der Waals surface area contributed by atoms with E-state index in [1.54, 1.807) is 0 Å². The summed E-state index contributed by atoms with van der Waals surface area (Å²) in [7, 11) is -4.95. The van der Waals surface area contributed by atoms with Crippen LogP contribution < -0.4 is 35.3 Å². The van der Waals surface area contributed by atoms with E-state index in [2.05, 4.69) is 0 Å². The predicted octanol–water partition coefficient (Wildman–Crippen LogP) is -3.21. The summed E-state index contributed by atoms with van der Waals surface area (Å²) in [5.41, 5.74) is 3.66. The zero-order chi connectivity index (χ0) is 11.8. The number of nitrogens with two attached hydrogens (primary N) is 1. The fraction of sp³-hybridized carbons (Fsp3) is 0. The van der Waals surface area contributed by atoms with Crippen LogP contribution in [0.5, 0.6) is 5.75 Å². The third-order valence-corrected chi connectivity index (χ3v) is 2.46. The van der Waals surface area contributed by atoms with Gasteiger partial charge in [0.2, 0.25) is 0 Å². The van der Waals surface area contributed by atoms with Gasteiger partial charge in [0.15, 0.2) is 0 Å². The van der Waals surface area contributed by atoms with E-state index in [4.69, 9.17) is 10.8 Å². The molecule has 0 bridgehead atoms. The minimum atomic E-state index is -4.95. The second-order valence-corrected chi connectivity index (χ2v) is 3.94. The van der Waals surface area contributed by atoms with Crippen LogP contribution >= 0.6 is 0 Å². The zero-order valence-corrected chi connectivity index (χ0v) is 10.9. The second-order valence-electron chi connectivity index (χ2n) is 2.59. The monoisotopic (exact) mass is 256 g/mol. The second kappa shape index (κ2) is 4.97. The van der Waals surface area contributed by atoms with E-state index in [9.17, 15) is 23.1 Å². The molecule has 82 valence electrons. The molecule has 0 aliphatic carbocycles. The average Bonchev–Trinajstić information content (AvgIpc) is 2.06. The van der Waals surface area contributed by atoms with Gasteiger partial charge in [-0.05, 0) is 0 Å². The molecule has 0 amide bonds. The number of aromatic hydroxyl groups is 1. The first kappa shape index (κ1) is 15.1. The summed E-state index contributed by atoms with van der Waals surface area (Å²) in [4.78, 5) is 8.34. The summed E-state index contributed by atoms with van der Waals surface area (Å²) in [5, 5.41) is 19.4. The number of non-ortho nitro benzene ring substituents is 1. The first-order chi connectivity index (χ1) is 6.73. The van der Waals surface area contributed by atoms with Gasteiger partial charge in [-0.3, -0.25) is 10.1 Å². The molecule has 0 saturated carbocycles. The van der Waals surface area contributed by atoms with Gasteiger partial charge in [0, 0.05) is 6.07 Å². The number of anilines is 1. The van der Waals surface area contributed by atoms with Gasteiger partial charge in [-0.1, -0.05) is 0 Å². The van der Waals surface area contributed by atoms with Crippen LogP contribution in [-0.2, 0) is 10.1 Å². The van der Waals surface area contributed by atoms with Crippen LogP contribution in [0.2, 0.25) is 0 Å². The quantitative estimate of drug-likeness (QED) is 0.141. The number of nitrogen functional groups attached to an aromatic ring is 1. The molecule has 0 aliphatic heterocycles. The van der Waals surface area contributed by atoms with Crippen molar-refractivity contribution in [1.82, 2.24) is 0 Å². The Bertz CT molecular complexity index is 528. The first-order valence-corrected chi connectivity index (χ1v) is 4.87. The molecule has 1 aromatic rings. The van der Waals surface area contributed by atoms with Gasteiger partial charge in [-0.25, -0.2) is 8.42 Å². The Morgan fingerprint density at radius 2 is 1.88 bits per heavy atom. The van der Waals surface area contributed by atoms with Crippen LogP contribution in [0, 0.1) is 10.1 Å². The summed E-state index contributed by atoms with van der Waals surface area (Å²) in [6, 6.07) is 1.15. The number of phenolic OH excluding ortho intramolecular Hbond substituents is 1. The third kappa shape index (κ3) is 3.06. The Balaban J connectivity index is 0.00000225. The molecule has 0 fully saturated rings. The van der Waals surface area contributed by atoms with Crippen molar-refractivity contribution in [2.24, 2.45) is 0 Å². The Hall–Kier alpha value is -0.870. The molecule has 0 heterocycles. The van der Waals surface area contributed by atoms with Crippen molar-refractivity contribution in [2.45, 2.75) is 4.90 Å². The fourth-order valence-electron chi connectivity index (χ4n) is 0.910. The van der Waals surface area contributed by atoms with Gasteiger partial charge in [0.25, 0.3) is 5.69 Å². The minimum Gasteiger partial charge on any atom is -0.744 e. The molecule has 10 heteroatoms. The largest absolute Gasteiger partial charge is 1.00 e. The number of nitro benzene ring substituents is 1. The summed E-state index contributed by atoms with van der Waals surface area (Å²) in [6.07, 6.45) is 0. The topological polar surface area (TPSA) is 147 Å². The minimum absolute atomic E-state index is 0. The summed E-state index contributed by atoms with van der Waals surface area (Å²) >= 11 is 0. The van der Waals surface area contributed by atoms with Crippen molar-refractivity contribution in [3.63, 3.8) is 0 Å². The van der Waals surface area contributed by atoms with Gasteiger partial charge in [-0.2, -0.15) is 0 Å². The van der Waals surface area contributed by atoms with E-state index in [-0.39, 0.29) is 29.6 Å². The molecule has 0 radical (unpaired) electrons. The molecule has 1 rings (SSSR count). The van der Waals surface area contributed by atoms with E-state index < -0.39 is 37.1 Å². The maximum Gasteiger partial charge on any atom is 1.00 e. The van der Waals surface area contributed by atoms with Crippen LogP contribution in [0.4, 0.5) is 11.4 Å². The molecule has 0 saturated heterocycles. The molecule has 0 atom stereocenters. The van der Waals surface area contributed by atoms with Crippen LogP contribution in [0.15, 0.2) is 17.0 Å². The number of benzene rings is 1. The molecule has 0 spiro atoms. The molecule has 0 aromatic heterocycles. The molecule has 16 heavy (non-hydrogen) atoms. The molecule has 8 nitrogen and oxygen atoms in total. The summed E-state index contributed by atoms with van der Waals surface area (Å²) in [6.45, 7) is 0. The molecule has 1 aromatic carbocycles. The maximum atomic E-state index is 10.6.